The van der Waals surface area contributed by atoms with E-state index in [-0.39, 0.29) is 24.3 Å². The van der Waals surface area contributed by atoms with E-state index in [0.717, 1.165) is 0 Å². The number of ether oxygens (including phenoxy) is 1. The molecule has 0 spiro atoms. The van der Waals surface area contributed by atoms with Crippen LogP contribution in [0, 0.1) is 5.92 Å². The summed E-state index contributed by atoms with van der Waals surface area (Å²) in [6.45, 7) is 2.34. The van der Waals surface area contributed by atoms with Crippen LogP contribution in [0.2, 0.25) is 0 Å². The average Bonchev–Trinajstić information content (AvgIpc) is 2.60. The number of nitrogens with zero attached hydrogens (tertiary/aromatic N) is 1. The van der Waals surface area contributed by atoms with Crippen LogP contribution < -0.4 is 10.1 Å². The SMILES string of the molecule is C[C@H](NC(=O)C1CCN(C(=O)COc2ccccc2)CC1)C(=O)O. The zero-order valence-corrected chi connectivity index (χ0v) is 13.6. The van der Waals surface area contributed by atoms with Crippen molar-refractivity contribution in [3.63, 3.8) is 0 Å². The number of carboxylic acids is 1. The van der Waals surface area contributed by atoms with E-state index in [4.69, 9.17) is 9.84 Å². The van der Waals surface area contributed by atoms with Crippen molar-refractivity contribution in [2.24, 2.45) is 5.92 Å². The Hall–Kier alpha value is -2.57. The highest BCUT2D eigenvalue weighted by Gasteiger charge is 2.28. The van der Waals surface area contributed by atoms with Gasteiger partial charge in [-0.25, -0.2) is 0 Å². The van der Waals surface area contributed by atoms with Gasteiger partial charge in [0.1, 0.15) is 11.8 Å². The van der Waals surface area contributed by atoms with Crippen molar-refractivity contribution in [3.8, 4) is 5.75 Å². The fourth-order valence-corrected chi connectivity index (χ4v) is 2.54. The molecule has 1 aromatic rings. The van der Waals surface area contributed by atoms with Gasteiger partial charge in [-0.15, -0.1) is 0 Å². The van der Waals surface area contributed by atoms with E-state index in [1.54, 1.807) is 17.0 Å². The van der Waals surface area contributed by atoms with Crippen molar-refractivity contribution < 1.29 is 24.2 Å². The van der Waals surface area contributed by atoms with Gasteiger partial charge in [0, 0.05) is 19.0 Å². The smallest absolute Gasteiger partial charge is 0.325 e. The van der Waals surface area contributed by atoms with Gasteiger partial charge >= 0.3 is 5.97 Å². The number of carboxylic acid groups (broad SMARTS) is 1. The van der Waals surface area contributed by atoms with Gasteiger partial charge in [-0.1, -0.05) is 18.2 Å². The molecule has 0 aromatic heterocycles. The maximum absolute atomic E-state index is 12.1. The van der Waals surface area contributed by atoms with Crippen molar-refractivity contribution in [3.05, 3.63) is 30.3 Å². The van der Waals surface area contributed by atoms with E-state index in [9.17, 15) is 14.4 Å². The van der Waals surface area contributed by atoms with Crippen LogP contribution in [0.5, 0.6) is 5.75 Å². The molecule has 1 fully saturated rings. The monoisotopic (exact) mass is 334 g/mol. The maximum atomic E-state index is 12.1. The molecule has 1 atom stereocenters. The quantitative estimate of drug-likeness (QED) is 0.805. The van der Waals surface area contributed by atoms with Gasteiger partial charge in [-0.3, -0.25) is 14.4 Å². The number of aliphatic carboxylic acids is 1. The van der Waals surface area contributed by atoms with E-state index in [1.165, 1.54) is 6.92 Å². The lowest BCUT2D eigenvalue weighted by Crippen LogP contribution is -2.47. The number of hydrogen-bond acceptors (Lipinski definition) is 4. The van der Waals surface area contributed by atoms with E-state index in [1.807, 2.05) is 18.2 Å². The molecule has 2 N–H and O–H groups in total. The molecule has 130 valence electrons. The summed E-state index contributed by atoms with van der Waals surface area (Å²) in [5.41, 5.74) is 0. The van der Waals surface area contributed by atoms with Crippen molar-refractivity contribution in [1.82, 2.24) is 10.2 Å². The Labute approximate surface area is 140 Å². The molecule has 24 heavy (non-hydrogen) atoms. The van der Waals surface area contributed by atoms with Crippen molar-refractivity contribution in [2.45, 2.75) is 25.8 Å². The number of piperidine rings is 1. The summed E-state index contributed by atoms with van der Waals surface area (Å²) in [6.07, 6.45) is 1.05. The number of carbonyl (C=O) groups excluding carboxylic acids is 2. The third-order valence-corrected chi connectivity index (χ3v) is 4.05. The fraction of sp³-hybridized carbons (Fsp3) is 0.471. The van der Waals surface area contributed by atoms with Gasteiger partial charge in [0.2, 0.25) is 5.91 Å². The minimum Gasteiger partial charge on any atom is -0.484 e. The van der Waals surface area contributed by atoms with Crippen LogP contribution in [0.25, 0.3) is 0 Å². The summed E-state index contributed by atoms with van der Waals surface area (Å²) in [4.78, 5) is 36.6. The molecule has 7 nitrogen and oxygen atoms in total. The van der Waals surface area contributed by atoms with E-state index in [2.05, 4.69) is 5.32 Å². The molecule has 7 heteroatoms. The third-order valence-electron chi connectivity index (χ3n) is 4.05. The van der Waals surface area contributed by atoms with Crippen LogP contribution >= 0.6 is 0 Å². The second kappa shape index (κ2) is 8.33. The zero-order chi connectivity index (χ0) is 17.5. The maximum Gasteiger partial charge on any atom is 0.325 e. The molecule has 1 aliphatic heterocycles. The van der Waals surface area contributed by atoms with E-state index >= 15 is 0 Å². The largest absolute Gasteiger partial charge is 0.484 e. The van der Waals surface area contributed by atoms with Gasteiger partial charge in [0.15, 0.2) is 6.61 Å². The minimum absolute atomic E-state index is 0.0308. The first-order chi connectivity index (χ1) is 11.5. The second-order valence-electron chi connectivity index (χ2n) is 5.83. The molecule has 0 aliphatic carbocycles. The van der Waals surface area contributed by atoms with Gasteiger partial charge in [-0.05, 0) is 31.9 Å². The standard InChI is InChI=1S/C17H22N2O5/c1-12(17(22)23)18-16(21)13-7-9-19(10-8-13)15(20)11-24-14-5-3-2-4-6-14/h2-6,12-13H,7-11H2,1H3,(H,18,21)(H,22,23)/t12-/m0/s1. The zero-order valence-electron chi connectivity index (χ0n) is 13.6. The second-order valence-corrected chi connectivity index (χ2v) is 5.83. The van der Waals surface area contributed by atoms with Gasteiger partial charge in [0.05, 0.1) is 0 Å². The van der Waals surface area contributed by atoms with Gasteiger partial charge in [-0.2, -0.15) is 0 Å². The van der Waals surface area contributed by atoms with Crippen LogP contribution in [-0.4, -0.2) is 53.5 Å². The topological polar surface area (TPSA) is 95.9 Å². The van der Waals surface area contributed by atoms with Gasteiger partial charge in [0.25, 0.3) is 5.91 Å². The number of para-hydroxylation sites is 1. The van der Waals surface area contributed by atoms with Crippen LogP contribution in [0.3, 0.4) is 0 Å². The number of benzene rings is 1. The Balaban J connectivity index is 1.74. The number of nitrogens with one attached hydrogen (secondary N) is 1. The summed E-state index contributed by atoms with van der Waals surface area (Å²) in [5, 5.41) is 11.3. The molecule has 1 heterocycles. The highest BCUT2D eigenvalue weighted by atomic mass is 16.5. The molecular formula is C17H22N2O5. The van der Waals surface area contributed by atoms with Crippen molar-refractivity contribution in [2.75, 3.05) is 19.7 Å². The molecular weight excluding hydrogens is 312 g/mol. The van der Waals surface area contributed by atoms with Crippen molar-refractivity contribution >= 4 is 17.8 Å². The number of amides is 2. The summed E-state index contributed by atoms with van der Waals surface area (Å²) in [5.74, 6) is -1.06. The lowest BCUT2D eigenvalue weighted by atomic mass is 9.95. The summed E-state index contributed by atoms with van der Waals surface area (Å²) in [7, 11) is 0. The Morgan fingerprint density at radius 2 is 1.88 bits per heavy atom. The number of carbonyl (C=O) groups is 3. The average molecular weight is 334 g/mol. The highest BCUT2D eigenvalue weighted by Crippen LogP contribution is 2.18. The third kappa shape index (κ3) is 4.97. The Kier molecular flexibility index (Phi) is 6.17. The lowest BCUT2D eigenvalue weighted by molar-refractivity contribution is -0.142. The van der Waals surface area contributed by atoms with Crippen LogP contribution in [0.4, 0.5) is 0 Å². The van der Waals surface area contributed by atoms with Gasteiger partial charge < -0.3 is 20.1 Å². The fourth-order valence-electron chi connectivity index (χ4n) is 2.54. The van der Waals surface area contributed by atoms with Crippen LogP contribution in [0.1, 0.15) is 19.8 Å². The lowest BCUT2D eigenvalue weighted by Gasteiger charge is -2.31. The molecule has 1 saturated heterocycles. The molecule has 0 saturated carbocycles. The Morgan fingerprint density at radius 3 is 2.46 bits per heavy atom. The molecule has 0 radical (unpaired) electrons. The normalized spacial score (nSPS) is 16.3. The molecule has 2 amide bonds. The number of hydrogen-bond donors (Lipinski definition) is 2. The molecule has 0 bridgehead atoms. The molecule has 2 rings (SSSR count). The minimum atomic E-state index is -1.06. The first kappa shape index (κ1) is 17.8. The number of likely N-dealkylation sites (tertiary alicyclic amines) is 1. The van der Waals surface area contributed by atoms with E-state index < -0.39 is 12.0 Å². The molecule has 0 unspecified atom stereocenters. The summed E-state index contributed by atoms with van der Waals surface area (Å²) < 4.78 is 5.44. The highest BCUT2D eigenvalue weighted by molar-refractivity contribution is 5.85. The summed E-state index contributed by atoms with van der Waals surface area (Å²) >= 11 is 0. The Morgan fingerprint density at radius 1 is 1.25 bits per heavy atom. The molecule has 1 aromatic carbocycles. The first-order valence-electron chi connectivity index (χ1n) is 7.96. The summed E-state index contributed by atoms with van der Waals surface area (Å²) in [6, 6.07) is 8.21. The predicted octanol–water partition coefficient (Wildman–Crippen LogP) is 0.893. The van der Waals surface area contributed by atoms with Crippen LogP contribution in [0.15, 0.2) is 30.3 Å². The Bertz CT molecular complexity index is 582. The first-order valence-corrected chi connectivity index (χ1v) is 7.96. The predicted molar refractivity (Wildman–Crippen MR) is 86.5 cm³/mol. The van der Waals surface area contributed by atoms with Crippen LogP contribution in [-0.2, 0) is 14.4 Å². The number of rotatable bonds is 6. The van der Waals surface area contributed by atoms with E-state index in [0.29, 0.717) is 31.7 Å². The van der Waals surface area contributed by atoms with Crippen molar-refractivity contribution in [1.29, 1.82) is 0 Å². The molecule has 1 aliphatic rings.